The van der Waals surface area contributed by atoms with Crippen molar-refractivity contribution in [2.75, 3.05) is 33.2 Å². The molecule has 8 heteroatoms. The number of nitrogens with one attached hydrogen (secondary N) is 2. The molecule has 156 valence electrons. The molecule has 3 amide bonds. The molecule has 2 aliphatic rings. The van der Waals surface area contributed by atoms with Crippen LogP contribution in [0.2, 0.25) is 0 Å². The van der Waals surface area contributed by atoms with Crippen LogP contribution < -0.4 is 10.6 Å². The van der Waals surface area contributed by atoms with E-state index in [9.17, 15) is 9.59 Å². The fourth-order valence-corrected chi connectivity index (χ4v) is 4.14. The third-order valence-electron chi connectivity index (χ3n) is 6.28. The molecule has 1 aromatic rings. The highest BCUT2D eigenvalue weighted by molar-refractivity contribution is 5.87. The van der Waals surface area contributed by atoms with Gasteiger partial charge in [-0.25, -0.2) is 9.78 Å². The average molecular weight is 391 g/mol. The number of carbonyl (C=O) groups is 2. The Kier molecular flexibility index (Phi) is 5.98. The molecular formula is C20H34N6O2. The standard InChI is InChI=1S/C20H34N6O2/c1-19(2,3)16(14-25-13-9-21-15-25)23-18(28)26-11-6-20(7-12-26)17(27)22-8-5-10-24(20)4/h9,13,15-16H,5-8,10-12,14H2,1-4H3,(H,22,27)(H,23,28)/t16-/m1/s1. The maximum absolute atomic E-state index is 13.0. The van der Waals surface area contributed by atoms with Crippen molar-refractivity contribution in [3.8, 4) is 0 Å². The van der Waals surface area contributed by atoms with E-state index in [4.69, 9.17) is 0 Å². The summed E-state index contributed by atoms with van der Waals surface area (Å²) in [5, 5.41) is 6.26. The van der Waals surface area contributed by atoms with E-state index in [2.05, 4.69) is 41.3 Å². The van der Waals surface area contributed by atoms with E-state index in [0.717, 1.165) is 19.5 Å². The number of piperidine rings is 1. The van der Waals surface area contributed by atoms with Crippen molar-refractivity contribution in [1.29, 1.82) is 0 Å². The van der Waals surface area contributed by atoms with Crippen molar-refractivity contribution in [3.63, 3.8) is 0 Å². The van der Waals surface area contributed by atoms with Crippen LogP contribution in [-0.2, 0) is 11.3 Å². The molecule has 28 heavy (non-hydrogen) atoms. The van der Waals surface area contributed by atoms with E-state index >= 15 is 0 Å². The van der Waals surface area contributed by atoms with Crippen molar-refractivity contribution in [3.05, 3.63) is 18.7 Å². The highest BCUT2D eigenvalue weighted by Gasteiger charge is 2.46. The van der Waals surface area contributed by atoms with Gasteiger partial charge in [-0.15, -0.1) is 0 Å². The number of carbonyl (C=O) groups excluding carboxylic acids is 2. The van der Waals surface area contributed by atoms with Crippen LogP contribution in [0.25, 0.3) is 0 Å². The third-order valence-corrected chi connectivity index (χ3v) is 6.28. The summed E-state index contributed by atoms with van der Waals surface area (Å²) in [6.07, 6.45) is 7.75. The molecule has 0 aliphatic carbocycles. The number of urea groups is 1. The maximum Gasteiger partial charge on any atom is 0.317 e. The Morgan fingerprint density at radius 2 is 2.04 bits per heavy atom. The van der Waals surface area contributed by atoms with Crippen LogP contribution in [0.4, 0.5) is 4.79 Å². The number of aromatic nitrogens is 2. The lowest BCUT2D eigenvalue weighted by Crippen LogP contribution is -2.62. The minimum Gasteiger partial charge on any atom is -0.354 e. The van der Waals surface area contributed by atoms with E-state index in [1.54, 1.807) is 12.5 Å². The van der Waals surface area contributed by atoms with Crippen LogP contribution >= 0.6 is 0 Å². The monoisotopic (exact) mass is 390 g/mol. The number of rotatable bonds is 3. The van der Waals surface area contributed by atoms with Crippen molar-refractivity contribution in [2.45, 2.75) is 58.2 Å². The molecule has 0 aromatic carbocycles. The number of nitrogens with zero attached hydrogens (tertiary/aromatic N) is 4. The van der Waals surface area contributed by atoms with Crippen LogP contribution in [0.5, 0.6) is 0 Å². The Hall–Kier alpha value is -2.09. The smallest absolute Gasteiger partial charge is 0.317 e. The SMILES string of the molecule is CN1CCCNC(=O)C12CCN(C(=O)N[C@H](Cn1ccnc1)C(C)(C)C)CC2. The van der Waals surface area contributed by atoms with Gasteiger partial charge in [-0.3, -0.25) is 9.69 Å². The number of hydrogen-bond acceptors (Lipinski definition) is 4. The zero-order chi connectivity index (χ0) is 20.4. The van der Waals surface area contributed by atoms with Gasteiger partial charge in [0.15, 0.2) is 0 Å². The minimum atomic E-state index is -0.479. The van der Waals surface area contributed by atoms with Gasteiger partial charge in [-0.2, -0.15) is 0 Å². The van der Waals surface area contributed by atoms with Gasteiger partial charge in [-0.1, -0.05) is 20.8 Å². The van der Waals surface area contributed by atoms with Crippen LogP contribution in [0.15, 0.2) is 18.7 Å². The number of amides is 3. The molecule has 8 nitrogen and oxygen atoms in total. The summed E-state index contributed by atoms with van der Waals surface area (Å²) < 4.78 is 1.99. The van der Waals surface area contributed by atoms with Crippen molar-refractivity contribution >= 4 is 11.9 Å². The second-order valence-electron chi connectivity index (χ2n) is 9.18. The van der Waals surface area contributed by atoms with Crippen LogP contribution in [0.1, 0.15) is 40.0 Å². The predicted octanol–water partition coefficient (Wildman–Crippen LogP) is 1.29. The summed E-state index contributed by atoms with van der Waals surface area (Å²) in [5.41, 5.74) is -0.564. The Morgan fingerprint density at radius 3 is 2.64 bits per heavy atom. The molecule has 0 radical (unpaired) electrons. The summed E-state index contributed by atoms with van der Waals surface area (Å²) in [5.74, 6) is 0.111. The molecule has 1 spiro atoms. The van der Waals surface area contributed by atoms with Crippen LogP contribution in [0.3, 0.4) is 0 Å². The van der Waals surface area contributed by atoms with E-state index in [1.807, 2.05) is 22.7 Å². The molecule has 2 aliphatic heterocycles. The Bertz CT molecular complexity index is 673. The van der Waals surface area contributed by atoms with Gasteiger partial charge in [0.05, 0.1) is 12.4 Å². The Morgan fingerprint density at radius 1 is 1.32 bits per heavy atom. The number of likely N-dealkylation sites (tertiary alicyclic amines) is 1. The maximum atomic E-state index is 13.0. The van der Waals surface area contributed by atoms with E-state index in [-0.39, 0.29) is 23.4 Å². The third kappa shape index (κ3) is 4.32. The summed E-state index contributed by atoms with van der Waals surface area (Å²) in [6, 6.07) is -0.0690. The molecule has 2 N–H and O–H groups in total. The zero-order valence-electron chi connectivity index (χ0n) is 17.6. The summed E-state index contributed by atoms with van der Waals surface area (Å²) >= 11 is 0. The Balaban J connectivity index is 1.63. The minimum absolute atomic E-state index is 0.0195. The normalized spacial score (nSPS) is 21.9. The van der Waals surface area contributed by atoms with Gasteiger partial charge in [0.1, 0.15) is 5.54 Å². The lowest BCUT2D eigenvalue weighted by Gasteiger charge is -2.45. The van der Waals surface area contributed by atoms with Crippen LogP contribution in [0, 0.1) is 5.41 Å². The number of likely N-dealkylation sites (N-methyl/N-ethyl adjacent to an activating group) is 1. The quantitative estimate of drug-likeness (QED) is 0.815. The molecule has 3 heterocycles. The topological polar surface area (TPSA) is 82.5 Å². The Labute approximate surface area is 167 Å². The van der Waals surface area contributed by atoms with Gasteiger partial charge in [0, 0.05) is 45.1 Å². The first-order valence-electron chi connectivity index (χ1n) is 10.2. The van der Waals surface area contributed by atoms with Gasteiger partial charge >= 0.3 is 6.03 Å². The highest BCUT2D eigenvalue weighted by atomic mass is 16.2. The van der Waals surface area contributed by atoms with Gasteiger partial charge in [0.2, 0.25) is 5.91 Å². The van der Waals surface area contributed by atoms with E-state index in [0.29, 0.717) is 32.5 Å². The first-order valence-corrected chi connectivity index (χ1v) is 10.2. The largest absolute Gasteiger partial charge is 0.354 e. The number of imidazole rings is 1. The molecule has 1 atom stereocenters. The van der Waals surface area contributed by atoms with E-state index in [1.165, 1.54) is 0 Å². The molecule has 0 unspecified atom stereocenters. The average Bonchev–Trinajstić information content (AvgIpc) is 3.12. The summed E-state index contributed by atoms with van der Waals surface area (Å²) in [7, 11) is 2.03. The molecule has 1 aromatic heterocycles. The molecular weight excluding hydrogens is 356 g/mol. The summed E-state index contributed by atoms with van der Waals surface area (Å²) in [6.45, 7) is 9.88. The predicted molar refractivity (Wildman–Crippen MR) is 108 cm³/mol. The van der Waals surface area contributed by atoms with Gasteiger partial charge in [0.25, 0.3) is 0 Å². The number of hydrogen-bond donors (Lipinski definition) is 2. The lowest BCUT2D eigenvalue weighted by atomic mass is 9.85. The van der Waals surface area contributed by atoms with Gasteiger partial charge in [-0.05, 0) is 31.7 Å². The molecule has 0 saturated carbocycles. The second kappa shape index (κ2) is 8.11. The van der Waals surface area contributed by atoms with Gasteiger partial charge < -0.3 is 20.1 Å². The van der Waals surface area contributed by atoms with Crippen molar-refractivity contribution in [2.24, 2.45) is 5.41 Å². The molecule has 3 rings (SSSR count). The fourth-order valence-electron chi connectivity index (χ4n) is 4.14. The van der Waals surface area contributed by atoms with Crippen LogP contribution in [-0.4, -0.2) is 76.1 Å². The van der Waals surface area contributed by atoms with E-state index < -0.39 is 5.54 Å². The second-order valence-corrected chi connectivity index (χ2v) is 9.18. The first kappa shape index (κ1) is 20.6. The summed E-state index contributed by atoms with van der Waals surface area (Å²) in [4.78, 5) is 33.8. The fraction of sp³-hybridized carbons (Fsp3) is 0.750. The molecule has 2 fully saturated rings. The highest BCUT2D eigenvalue weighted by Crippen LogP contribution is 2.30. The van der Waals surface area contributed by atoms with Crippen molar-refractivity contribution in [1.82, 2.24) is 30.0 Å². The van der Waals surface area contributed by atoms with Crippen molar-refractivity contribution < 1.29 is 9.59 Å². The molecule has 2 saturated heterocycles. The zero-order valence-corrected chi connectivity index (χ0v) is 17.6. The first-order chi connectivity index (χ1) is 13.2. The molecule has 0 bridgehead atoms. The lowest BCUT2D eigenvalue weighted by molar-refractivity contribution is -0.134.